The normalized spacial score (nSPS) is 13.8. The molecule has 0 saturated carbocycles. The number of halogens is 1. The third-order valence-corrected chi connectivity index (χ3v) is 3.07. The second-order valence-corrected chi connectivity index (χ2v) is 4.60. The molecule has 0 heterocycles. The molecule has 2 atom stereocenters. The number of anilines is 1. The molecule has 0 fully saturated rings. The van der Waals surface area contributed by atoms with Crippen LogP contribution in [-0.2, 0) is 0 Å². The van der Waals surface area contributed by atoms with Crippen LogP contribution in [0.4, 0.5) is 10.1 Å². The van der Waals surface area contributed by atoms with E-state index in [1.165, 1.54) is 6.07 Å². The van der Waals surface area contributed by atoms with Gasteiger partial charge in [0.15, 0.2) is 0 Å². The number of hydrogen-bond donors (Lipinski definition) is 1. The van der Waals surface area contributed by atoms with Crippen LogP contribution >= 0.6 is 0 Å². The summed E-state index contributed by atoms with van der Waals surface area (Å²) < 4.78 is 14.0. The van der Waals surface area contributed by atoms with Gasteiger partial charge in [-0.3, -0.25) is 0 Å². The van der Waals surface area contributed by atoms with Crippen LogP contribution in [0.2, 0.25) is 0 Å². The van der Waals surface area contributed by atoms with Gasteiger partial charge < -0.3 is 10.2 Å². The van der Waals surface area contributed by atoms with Gasteiger partial charge in [0.05, 0.1) is 17.7 Å². The zero-order chi connectivity index (χ0) is 13.7. The van der Waals surface area contributed by atoms with Crippen LogP contribution in [0.3, 0.4) is 0 Å². The molecule has 1 N–H and O–H groups in total. The van der Waals surface area contributed by atoms with Crippen molar-refractivity contribution in [2.45, 2.75) is 19.9 Å². The number of para-hydroxylation sites is 1. The summed E-state index contributed by atoms with van der Waals surface area (Å²) in [6, 6.07) is 7.31. The summed E-state index contributed by atoms with van der Waals surface area (Å²) in [5.74, 6) is -0.380. The first-order chi connectivity index (χ1) is 8.51. The summed E-state index contributed by atoms with van der Waals surface area (Å²) in [6.07, 6.45) is 0. The molecule has 0 amide bonds. The average Bonchev–Trinajstić information content (AvgIpc) is 2.36. The van der Waals surface area contributed by atoms with Gasteiger partial charge in [0.25, 0.3) is 0 Å². The molecule has 3 nitrogen and oxygen atoms in total. The predicted molar refractivity (Wildman–Crippen MR) is 71.9 cm³/mol. The van der Waals surface area contributed by atoms with Crippen molar-refractivity contribution in [3.05, 3.63) is 29.6 Å². The monoisotopic (exact) mass is 249 g/mol. The molecule has 1 aromatic carbocycles. The molecule has 0 aliphatic heterocycles. The van der Waals surface area contributed by atoms with Gasteiger partial charge in [-0.1, -0.05) is 12.1 Å². The summed E-state index contributed by atoms with van der Waals surface area (Å²) >= 11 is 0. The zero-order valence-electron chi connectivity index (χ0n) is 11.4. The van der Waals surface area contributed by atoms with Crippen LogP contribution in [0.25, 0.3) is 0 Å². The SMILES string of the molecule is CNC(C)c1cccc(F)c1N(C)CC(C)C#N. The molecular formula is C14H20FN3. The lowest BCUT2D eigenvalue weighted by atomic mass is 10.0. The second kappa shape index (κ2) is 6.36. The zero-order valence-corrected chi connectivity index (χ0v) is 11.4. The minimum Gasteiger partial charge on any atom is -0.371 e. The first kappa shape index (κ1) is 14.5. The highest BCUT2D eigenvalue weighted by Gasteiger charge is 2.17. The van der Waals surface area contributed by atoms with Crippen LogP contribution in [-0.4, -0.2) is 20.6 Å². The molecule has 2 unspecified atom stereocenters. The number of nitrogens with zero attached hydrogens (tertiary/aromatic N) is 2. The fourth-order valence-electron chi connectivity index (χ4n) is 1.98. The molecule has 1 rings (SSSR count). The van der Waals surface area contributed by atoms with Crippen LogP contribution in [0.1, 0.15) is 25.5 Å². The second-order valence-electron chi connectivity index (χ2n) is 4.60. The molecule has 0 saturated heterocycles. The van der Waals surface area contributed by atoms with E-state index in [0.717, 1.165) is 5.56 Å². The van der Waals surface area contributed by atoms with Crippen molar-refractivity contribution in [2.24, 2.45) is 5.92 Å². The summed E-state index contributed by atoms with van der Waals surface area (Å²) in [6.45, 7) is 4.33. The van der Waals surface area contributed by atoms with Crippen LogP contribution in [0, 0.1) is 23.1 Å². The molecule has 0 radical (unpaired) electrons. The van der Waals surface area contributed by atoms with Gasteiger partial charge in [-0.15, -0.1) is 0 Å². The lowest BCUT2D eigenvalue weighted by Crippen LogP contribution is -2.27. The van der Waals surface area contributed by atoms with E-state index in [-0.39, 0.29) is 17.8 Å². The molecule has 0 bridgehead atoms. The van der Waals surface area contributed by atoms with Crippen molar-refractivity contribution in [1.29, 1.82) is 5.26 Å². The van der Waals surface area contributed by atoms with E-state index in [4.69, 9.17) is 5.26 Å². The van der Waals surface area contributed by atoms with E-state index in [1.54, 1.807) is 6.07 Å². The summed E-state index contributed by atoms with van der Waals surface area (Å²) in [7, 11) is 3.66. The minimum absolute atomic E-state index is 0.0653. The fraction of sp³-hybridized carbons (Fsp3) is 0.500. The average molecular weight is 249 g/mol. The Morgan fingerprint density at radius 1 is 1.44 bits per heavy atom. The van der Waals surface area contributed by atoms with Crippen LogP contribution in [0.5, 0.6) is 0 Å². The van der Waals surface area contributed by atoms with E-state index in [1.807, 2.05) is 38.9 Å². The van der Waals surface area contributed by atoms with E-state index in [2.05, 4.69) is 11.4 Å². The molecule has 0 aliphatic rings. The Kier molecular flexibility index (Phi) is 5.11. The van der Waals surface area contributed by atoms with Gasteiger partial charge in [0.2, 0.25) is 0 Å². The maximum absolute atomic E-state index is 14.0. The van der Waals surface area contributed by atoms with E-state index in [0.29, 0.717) is 12.2 Å². The fourth-order valence-corrected chi connectivity index (χ4v) is 1.98. The maximum Gasteiger partial charge on any atom is 0.146 e. The lowest BCUT2D eigenvalue weighted by molar-refractivity contribution is 0.595. The van der Waals surface area contributed by atoms with Crippen molar-refractivity contribution < 1.29 is 4.39 Å². The van der Waals surface area contributed by atoms with Gasteiger partial charge in [-0.05, 0) is 32.5 Å². The maximum atomic E-state index is 14.0. The highest BCUT2D eigenvalue weighted by atomic mass is 19.1. The number of nitrogens with one attached hydrogen (secondary N) is 1. The highest BCUT2D eigenvalue weighted by molar-refractivity contribution is 5.55. The molecule has 0 spiro atoms. The van der Waals surface area contributed by atoms with Crippen molar-refractivity contribution in [3.8, 4) is 6.07 Å². The van der Waals surface area contributed by atoms with Crippen molar-refractivity contribution in [3.63, 3.8) is 0 Å². The Balaban J connectivity index is 3.10. The highest BCUT2D eigenvalue weighted by Crippen LogP contribution is 2.28. The first-order valence-corrected chi connectivity index (χ1v) is 6.07. The molecular weight excluding hydrogens is 229 g/mol. The quantitative estimate of drug-likeness (QED) is 0.872. The molecule has 0 aromatic heterocycles. The first-order valence-electron chi connectivity index (χ1n) is 6.07. The van der Waals surface area contributed by atoms with Crippen molar-refractivity contribution >= 4 is 5.69 Å². The van der Waals surface area contributed by atoms with Crippen molar-refractivity contribution in [2.75, 3.05) is 25.5 Å². The molecule has 4 heteroatoms. The summed E-state index contributed by atoms with van der Waals surface area (Å²) in [5, 5.41) is 12.0. The summed E-state index contributed by atoms with van der Waals surface area (Å²) in [4.78, 5) is 1.81. The molecule has 0 aliphatic carbocycles. The van der Waals surface area contributed by atoms with Crippen LogP contribution < -0.4 is 10.2 Å². The largest absolute Gasteiger partial charge is 0.371 e. The van der Waals surface area contributed by atoms with Gasteiger partial charge in [0, 0.05) is 19.6 Å². The standard InChI is InChI=1S/C14H20FN3/c1-10(8-16)9-18(4)14-12(11(2)17-3)6-5-7-13(14)15/h5-7,10-11,17H,9H2,1-4H3. The third kappa shape index (κ3) is 3.21. The Morgan fingerprint density at radius 3 is 2.67 bits per heavy atom. The Bertz CT molecular complexity index is 439. The summed E-state index contributed by atoms with van der Waals surface area (Å²) in [5.41, 5.74) is 1.48. The lowest BCUT2D eigenvalue weighted by Gasteiger charge is -2.26. The molecule has 18 heavy (non-hydrogen) atoms. The van der Waals surface area contributed by atoms with Gasteiger partial charge >= 0.3 is 0 Å². The van der Waals surface area contributed by atoms with Gasteiger partial charge in [-0.25, -0.2) is 4.39 Å². The number of nitriles is 1. The third-order valence-electron chi connectivity index (χ3n) is 3.07. The predicted octanol–water partition coefficient (Wildman–Crippen LogP) is 2.70. The number of hydrogen-bond acceptors (Lipinski definition) is 3. The Morgan fingerprint density at radius 2 is 2.11 bits per heavy atom. The molecule has 98 valence electrons. The Hall–Kier alpha value is -1.60. The van der Waals surface area contributed by atoms with Gasteiger partial charge in [-0.2, -0.15) is 5.26 Å². The van der Waals surface area contributed by atoms with Gasteiger partial charge in [0.1, 0.15) is 5.82 Å². The smallest absolute Gasteiger partial charge is 0.146 e. The van der Waals surface area contributed by atoms with Crippen LogP contribution in [0.15, 0.2) is 18.2 Å². The Labute approximate surface area is 108 Å². The number of benzene rings is 1. The topological polar surface area (TPSA) is 39.1 Å². The van der Waals surface area contributed by atoms with Crippen molar-refractivity contribution in [1.82, 2.24) is 5.32 Å². The van der Waals surface area contributed by atoms with E-state index in [9.17, 15) is 4.39 Å². The minimum atomic E-state index is -0.248. The van der Waals surface area contributed by atoms with E-state index < -0.39 is 0 Å². The molecule has 1 aromatic rings. The van der Waals surface area contributed by atoms with E-state index >= 15 is 0 Å². The number of rotatable bonds is 5.